The number of rotatable bonds is 5. The Bertz CT molecular complexity index is 1380. The van der Waals surface area contributed by atoms with E-state index in [2.05, 4.69) is 10.1 Å². The number of methoxy groups -OCH3 is 1. The number of aromatic nitrogens is 3. The fourth-order valence-electron chi connectivity index (χ4n) is 4.55. The van der Waals surface area contributed by atoms with Crippen molar-refractivity contribution in [3.05, 3.63) is 111 Å². The van der Waals surface area contributed by atoms with E-state index < -0.39 is 16.9 Å². The fraction of sp³-hybridized carbons (Fsp3) is 0.192. The van der Waals surface area contributed by atoms with Crippen molar-refractivity contribution in [1.29, 1.82) is 0 Å². The van der Waals surface area contributed by atoms with Crippen molar-refractivity contribution in [3.63, 3.8) is 0 Å². The molecule has 0 radical (unpaired) electrons. The highest BCUT2D eigenvalue weighted by Gasteiger charge is 2.41. The fourth-order valence-corrected chi connectivity index (χ4v) is 4.55. The maximum Gasteiger partial charge on any atom is 0.282 e. The molecule has 3 aromatic carbocycles. The van der Waals surface area contributed by atoms with E-state index in [1.54, 1.807) is 23.9 Å². The summed E-state index contributed by atoms with van der Waals surface area (Å²) in [5, 5.41) is 16.1. The Morgan fingerprint density at radius 1 is 1.00 bits per heavy atom. The zero-order valence-corrected chi connectivity index (χ0v) is 19.2. The molecule has 4 aromatic rings. The molecule has 1 aliphatic heterocycles. The van der Waals surface area contributed by atoms with Crippen LogP contribution in [0.2, 0.25) is 0 Å². The third kappa shape index (κ3) is 4.01. The second-order valence-electron chi connectivity index (χ2n) is 8.41. The van der Waals surface area contributed by atoms with Gasteiger partial charge in [-0.05, 0) is 42.7 Å². The summed E-state index contributed by atoms with van der Waals surface area (Å²) in [6.07, 6.45) is 1.92. The van der Waals surface area contributed by atoms with Crippen LogP contribution in [0.25, 0.3) is 0 Å². The highest BCUT2D eigenvalue weighted by atomic mass is 16.6. The summed E-state index contributed by atoms with van der Waals surface area (Å²) in [4.78, 5) is 31.0. The van der Waals surface area contributed by atoms with Crippen molar-refractivity contribution in [3.8, 4) is 5.75 Å². The number of para-hydroxylation sites is 1. The zero-order valence-electron chi connectivity index (χ0n) is 19.2. The lowest BCUT2D eigenvalue weighted by atomic mass is 9.91. The predicted molar refractivity (Wildman–Crippen MR) is 130 cm³/mol. The number of ether oxygens (including phenoxy) is 1. The van der Waals surface area contributed by atoms with Crippen molar-refractivity contribution < 1.29 is 14.5 Å². The second-order valence-corrected chi connectivity index (χ2v) is 8.41. The maximum absolute atomic E-state index is 13.9. The average Bonchev–Trinajstić information content (AvgIpc) is 3.38. The molecule has 1 aromatic heterocycles. The first kappa shape index (κ1) is 22.3. The van der Waals surface area contributed by atoms with Crippen LogP contribution >= 0.6 is 0 Å². The standard InChI is InChI=1S/C26H23N5O4/c1-17-7-9-18(10-8-17)23-15-24(19-11-13-20(35-2)14-12-19)30-26(27-16-28-30)29(23)25(32)21-5-3-4-6-22(21)31(33)34/h3-14,16,23-24H,15H2,1-2H3/t23-,24-/m0/s1. The van der Waals surface area contributed by atoms with Crippen molar-refractivity contribution in [2.75, 3.05) is 12.0 Å². The van der Waals surface area contributed by atoms with Crippen LogP contribution in [0.5, 0.6) is 5.75 Å². The Labute approximate surface area is 201 Å². The second kappa shape index (κ2) is 9.02. The Balaban J connectivity index is 1.65. The molecule has 9 nitrogen and oxygen atoms in total. The molecule has 0 aliphatic carbocycles. The van der Waals surface area contributed by atoms with E-state index in [1.165, 1.54) is 23.4 Å². The van der Waals surface area contributed by atoms with Gasteiger partial charge in [0.1, 0.15) is 17.6 Å². The number of carbonyl (C=O) groups is 1. The number of nitro groups is 1. The smallest absolute Gasteiger partial charge is 0.282 e. The minimum atomic E-state index is -0.539. The molecule has 0 fully saturated rings. The van der Waals surface area contributed by atoms with Gasteiger partial charge in [-0.25, -0.2) is 4.68 Å². The first-order valence-electron chi connectivity index (χ1n) is 11.1. The van der Waals surface area contributed by atoms with Crippen molar-refractivity contribution in [2.45, 2.75) is 25.4 Å². The summed E-state index contributed by atoms with van der Waals surface area (Å²) in [5.74, 6) is 0.586. The van der Waals surface area contributed by atoms with Gasteiger partial charge >= 0.3 is 0 Å². The number of hydrogen-bond acceptors (Lipinski definition) is 6. The molecule has 9 heteroatoms. The van der Waals surface area contributed by atoms with Gasteiger partial charge < -0.3 is 4.74 Å². The topological polar surface area (TPSA) is 103 Å². The van der Waals surface area contributed by atoms with Gasteiger partial charge in [0, 0.05) is 6.07 Å². The first-order valence-corrected chi connectivity index (χ1v) is 11.1. The summed E-state index contributed by atoms with van der Waals surface area (Å²) in [5.41, 5.74) is 2.76. The van der Waals surface area contributed by atoms with Crippen LogP contribution in [0.3, 0.4) is 0 Å². The molecule has 0 unspecified atom stereocenters. The molecule has 2 atom stereocenters. The van der Waals surface area contributed by atoms with Crippen LogP contribution in [0.15, 0.2) is 79.1 Å². The molecule has 176 valence electrons. The van der Waals surface area contributed by atoms with Crippen molar-refractivity contribution in [2.24, 2.45) is 0 Å². The van der Waals surface area contributed by atoms with Gasteiger partial charge in [0.25, 0.3) is 11.6 Å². The van der Waals surface area contributed by atoms with Gasteiger partial charge in [-0.15, -0.1) is 0 Å². The highest BCUT2D eigenvalue weighted by Crippen LogP contribution is 2.43. The normalized spacial score (nSPS) is 17.0. The van der Waals surface area contributed by atoms with Crippen LogP contribution in [0.4, 0.5) is 11.6 Å². The lowest BCUT2D eigenvalue weighted by molar-refractivity contribution is -0.385. The van der Waals surface area contributed by atoms with Gasteiger partial charge in [-0.1, -0.05) is 54.1 Å². The molecule has 0 saturated carbocycles. The van der Waals surface area contributed by atoms with Crippen LogP contribution in [-0.4, -0.2) is 32.7 Å². The van der Waals surface area contributed by atoms with E-state index in [9.17, 15) is 14.9 Å². The SMILES string of the molecule is COc1ccc([C@@H]2C[C@@H](c3ccc(C)cc3)N(C(=O)c3ccccc3[N+](=O)[O-])c3ncnn32)cc1. The molecule has 1 aliphatic rings. The van der Waals surface area contributed by atoms with Crippen LogP contribution in [0, 0.1) is 17.0 Å². The number of nitrogens with zero attached hydrogens (tertiary/aromatic N) is 5. The Hall–Kier alpha value is -4.53. The Kier molecular flexibility index (Phi) is 5.74. The van der Waals surface area contributed by atoms with Crippen molar-refractivity contribution >= 4 is 17.5 Å². The quantitative estimate of drug-likeness (QED) is 0.305. The third-order valence-corrected chi connectivity index (χ3v) is 6.34. The summed E-state index contributed by atoms with van der Waals surface area (Å²) in [7, 11) is 1.62. The van der Waals surface area contributed by atoms with E-state index in [1.807, 2.05) is 55.5 Å². The number of anilines is 1. The molecule has 0 saturated heterocycles. The van der Waals surface area contributed by atoms with Crippen molar-refractivity contribution in [1.82, 2.24) is 14.8 Å². The van der Waals surface area contributed by atoms with E-state index in [-0.39, 0.29) is 17.3 Å². The number of amides is 1. The number of benzene rings is 3. The molecular weight excluding hydrogens is 446 g/mol. The molecule has 35 heavy (non-hydrogen) atoms. The van der Waals surface area contributed by atoms with Crippen LogP contribution < -0.4 is 9.64 Å². The van der Waals surface area contributed by atoms with Gasteiger partial charge in [-0.2, -0.15) is 10.1 Å². The minimum absolute atomic E-state index is 0.00654. The minimum Gasteiger partial charge on any atom is -0.497 e. The van der Waals surface area contributed by atoms with E-state index in [0.717, 1.165) is 22.4 Å². The average molecular weight is 470 g/mol. The van der Waals surface area contributed by atoms with E-state index in [0.29, 0.717) is 12.4 Å². The summed E-state index contributed by atoms with van der Waals surface area (Å²) < 4.78 is 7.01. The predicted octanol–water partition coefficient (Wildman–Crippen LogP) is 4.88. The van der Waals surface area contributed by atoms with Gasteiger partial charge in [0.15, 0.2) is 0 Å². The van der Waals surface area contributed by atoms with Crippen LogP contribution in [0.1, 0.15) is 45.6 Å². The van der Waals surface area contributed by atoms with E-state index >= 15 is 0 Å². The zero-order chi connectivity index (χ0) is 24.5. The highest BCUT2D eigenvalue weighted by molar-refractivity contribution is 6.08. The maximum atomic E-state index is 13.9. The first-order chi connectivity index (χ1) is 17.0. The lowest BCUT2D eigenvalue weighted by Gasteiger charge is -2.39. The number of nitro benzene ring substituents is 1. The lowest BCUT2D eigenvalue weighted by Crippen LogP contribution is -2.42. The third-order valence-electron chi connectivity index (χ3n) is 6.34. The molecule has 1 amide bonds. The summed E-state index contributed by atoms with van der Waals surface area (Å²) in [6.45, 7) is 2.00. The largest absolute Gasteiger partial charge is 0.497 e. The molecule has 5 rings (SSSR count). The number of fused-ring (bicyclic) bond motifs is 1. The van der Waals surface area contributed by atoms with Gasteiger partial charge in [0.05, 0.1) is 24.1 Å². The monoisotopic (exact) mass is 469 g/mol. The number of hydrogen-bond donors (Lipinski definition) is 0. The molecule has 0 spiro atoms. The number of aryl methyl sites for hydroxylation is 1. The Morgan fingerprint density at radius 2 is 1.66 bits per heavy atom. The van der Waals surface area contributed by atoms with Crippen LogP contribution in [-0.2, 0) is 0 Å². The number of carbonyl (C=O) groups excluding carboxylic acids is 1. The molecule has 0 N–H and O–H groups in total. The Morgan fingerprint density at radius 3 is 2.34 bits per heavy atom. The molecule has 0 bridgehead atoms. The van der Waals surface area contributed by atoms with Gasteiger partial charge in [0.2, 0.25) is 5.95 Å². The summed E-state index contributed by atoms with van der Waals surface area (Å²) in [6, 6.07) is 21.0. The molecular formula is C26H23N5O4. The van der Waals surface area contributed by atoms with Gasteiger partial charge in [-0.3, -0.25) is 19.8 Å². The summed E-state index contributed by atoms with van der Waals surface area (Å²) >= 11 is 0. The molecule has 2 heterocycles. The van der Waals surface area contributed by atoms with E-state index in [4.69, 9.17) is 4.74 Å².